The molecule has 0 aliphatic rings. The average molecular weight is 213 g/mol. The molecule has 0 aliphatic heterocycles. The van der Waals surface area contributed by atoms with Gasteiger partial charge in [-0.05, 0) is 37.9 Å². The summed E-state index contributed by atoms with van der Waals surface area (Å²) in [5.74, 6) is 0.557. The number of hydrogen-bond acceptors (Lipinski definition) is 3. The second kappa shape index (κ2) is 6.17. The highest BCUT2D eigenvalue weighted by Crippen LogP contribution is 2.14. The van der Waals surface area contributed by atoms with Gasteiger partial charge in [-0.2, -0.15) is 0 Å². The van der Waals surface area contributed by atoms with Gasteiger partial charge in [-0.1, -0.05) is 6.92 Å². The lowest BCUT2D eigenvalue weighted by Crippen LogP contribution is -2.20. The molecule has 0 aliphatic carbocycles. The zero-order chi connectivity index (χ0) is 10.4. The molecule has 0 saturated carbocycles. The van der Waals surface area contributed by atoms with Gasteiger partial charge in [0.1, 0.15) is 0 Å². The number of rotatable bonds is 6. The molecule has 2 N–H and O–H groups in total. The van der Waals surface area contributed by atoms with Gasteiger partial charge in [0.15, 0.2) is 0 Å². The third-order valence-electron chi connectivity index (χ3n) is 2.21. The highest BCUT2D eigenvalue weighted by molar-refractivity contribution is 7.11. The third kappa shape index (κ3) is 4.22. The molecule has 0 aromatic carbocycles. The predicted octanol–water partition coefficient (Wildman–Crippen LogP) is 2.16. The molecule has 0 radical (unpaired) electrons. The van der Waals surface area contributed by atoms with E-state index in [-0.39, 0.29) is 0 Å². The standard InChI is InChI=1S/C11H19NOS/c1-9(5-6-13)7-12-8-11-4-3-10(2)14-11/h3-4,9,12-13H,5-8H2,1-2H3. The van der Waals surface area contributed by atoms with E-state index in [1.54, 1.807) is 0 Å². The summed E-state index contributed by atoms with van der Waals surface area (Å²) in [6, 6.07) is 4.32. The molecule has 14 heavy (non-hydrogen) atoms. The van der Waals surface area contributed by atoms with E-state index >= 15 is 0 Å². The molecule has 0 spiro atoms. The van der Waals surface area contributed by atoms with Crippen molar-refractivity contribution in [2.75, 3.05) is 13.2 Å². The Hall–Kier alpha value is -0.380. The molecule has 1 aromatic rings. The van der Waals surface area contributed by atoms with Crippen LogP contribution in [0.1, 0.15) is 23.1 Å². The van der Waals surface area contributed by atoms with Gasteiger partial charge in [0.25, 0.3) is 0 Å². The van der Waals surface area contributed by atoms with Gasteiger partial charge in [0, 0.05) is 22.9 Å². The van der Waals surface area contributed by atoms with Crippen molar-refractivity contribution in [3.8, 4) is 0 Å². The number of nitrogens with one attached hydrogen (secondary N) is 1. The molecule has 1 heterocycles. The lowest BCUT2D eigenvalue weighted by molar-refractivity contribution is 0.260. The predicted molar refractivity (Wildman–Crippen MR) is 61.6 cm³/mol. The first-order valence-corrected chi connectivity index (χ1v) is 5.91. The molecule has 0 saturated heterocycles. The first-order valence-electron chi connectivity index (χ1n) is 5.09. The van der Waals surface area contributed by atoms with Crippen molar-refractivity contribution in [3.05, 3.63) is 21.9 Å². The summed E-state index contributed by atoms with van der Waals surface area (Å²) in [5, 5.41) is 12.1. The number of aliphatic hydroxyl groups excluding tert-OH is 1. The summed E-state index contributed by atoms with van der Waals surface area (Å²) in [6.07, 6.45) is 0.885. The van der Waals surface area contributed by atoms with Crippen molar-refractivity contribution in [3.63, 3.8) is 0 Å². The SMILES string of the molecule is Cc1ccc(CNCC(C)CCO)s1. The smallest absolute Gasteiger partial charge is 0.0434 e. The van der Waals surface area contributed by atoms with Crippen LogP contribution in [-0.4, -0.2) is 18.3 Å². The Morgan fingerprint density at radius 2 is 2.29 bits per heavy atom. The molecule has 1 aromatic heterocycles. The van der Waals surface area contributed by atoms with E-state index in [0.29, 0.717) is 12.5 Å². The van der Waals surface area contributed by atoms with Crippen LogP contribution in [-0.2, 0) is 6.54 Å². The van der Waals surface area contributed by atoms with E-state index in [2.05, 4.69) is 31.3 Å². The fourth-order valence-electron chi connectivity index (χ4n) is 1.34. The molecular formula is C11H19NOS. The molecule has 80 valence electrons. The van der Waals surface area contributed by atoms with Crippen LogP contribution >= 0.6 is 11.3 Å². The second-order valence-electron chi connectivity index (χ2n) is 3.76. The van der Waals surface area contributed by atoms with E-state index in [4.69, 9.17) is 5.11 Å². The highest BCUT2D eigenvalue weighted by atomic mass is 32.1. The summed E-state index contributed by atoms with van der Waals surface area (Å²) in [7, 11) is 0. The molecule has 1 atom stereocenters. The first kappa shape index (κ1) is 11.7. The van der Waals surface area contributed by atoms with Crippen LogP contribution in [0, 0.1) is 12.8 Å². The molecule has 1 unspecified atom stereocenters. The molecule has 3 heteroatoms. The minimum atomic E-state index is 0.293. The highest BCUT2D eigenvalue weighted by Gasteiger charge is 2.01. The van der Waals surface area contributed by atoms with Crippen LogP contribution in [0.25, 0.3) is 0 Å². The van der Waals surface area contributed by atoms with Crippen LogP contribution < -0.4 is 5.32 Å². The summed E-state index contributed by atoms with van der Waals surface area (Å²) < 4.78 is 0. The summed E-state index contributed by atoms with van der Waals surface area (Å²) in [4.78, 5) is 2.75. The first-order chi connectivity index (χ1) is 6.72. The maximum absolute atomic E-state index is 8.73. The van der Waals surface area contributed by atoms with Crippen molar-refractivity contribution < 1.29 is 5.11 Å². The maximum Gasteiger partial charge on any atom is 0.0434 e. The van der Waals surface area contributed by atoms with E-state index in [0.717, 1.165) is 19.5 Å². The number of aryl methyl sites for hydroxylation is 1. The van der Waals surface area contributed by atoms with Crippen LogP contribution in [0.5, 0.6) is 0 Å². The molecule has 0 amide bonds. The Morgan fingerprint density at radius 3 is 2.86 bits per heavy atom. The van der Waals surface area contributed by atoms with Crippen LogP contribution in [0.4, 0.5) is 0 Å². The van der Waals surface area contributed by atoms with Gasteiger partial charge in [-0.15, -0.1) is 11.3 Å². The molecular weight excluding hydrogens is 194 g/mol. The summed E-state index contributed by atoms with van der Waals surface area (Å²) in [5.41, 5.74) is 0. The van der Waals surface area contributed by atoms with Gasteiger partial charge in [0.05, 0.1) is 0 Å². The van der Waals surface area contributed by atoms with Crippen LogP contribution in [0.15, 0.2) is 12.1 Å². The average Bonchev–Trinajstić information content (AvgIpc) is 2.52. The minimum absolute atomic E-state index is 0.293. The van der Waals surface area contributed by atoms with Crippen LogP contribution in [0.2, 0.25) is 0 Å². The van der Waals surface area contributed by atoms with Gasteiger partial charge in [-0.3, -0.25) is 0 Å². The summed E-state index contributed by atoms with van der Waals surface area (Å²) >= 11 is 1.84. The minimum Gasteiger partial charge on any atom is -0.396 e. The maximum atomic E-state index is 8.73. The lowest BCUT2D eigenvalue weighted by Gasteiger charge is -2.09. The molecule has 2 nitrogen and oxygen atoms in total. The number of aliphatic hydroxyl groups is 1. The van der Waals surface area contributed by atoms with E-state index in [1.807, 2.05) is 11.3 Å². The second-order valence-corrected chi connectivity index (χ2v) is 5.13. The fraction of sp³-hybridized carbons (Fsp3) is 0.636. The van der Waals surface area contributed by atoms with Gasteiger partial charge >= 0.3 is 0 Å². The Labute approximate surface area is 90.0 Å². The van der Waals surface area contributed by atoms with Gasteiger partial charge in [0.2, 0.25) is 0 Å². The Morgan fingerprint density at radius 1 is 1.50 bits per heavy atom. The zero-order valence-corrected chi connectivity index (χ0v) is 9.73. The van der Waals surface area contributed by atoms with Gasteiger partial charge in [-0.25, -0.2) is 0 Å². The quantitative estimate of drug-likeness (QED) is 0.759. The summed E-state index contributed by atoms with van der Waals surface area (Å²) in [6.45, 7) is 6.51. The Bertz CT molecular complexity index is 260. The van der Waals surface area contributed by atoms with Crippen molar-refractivity contribution in [1.82, 2.24) is 5.32 Å². The topological polar surface area (TPSA) is 32.3 Å². The number of hydrogen-bond donors (Lipinski definition) is 2. The monoisotopic (exact) mass is 213 g/mol. The molecule has 1 rings (SSSR count). The third-order valence-corrected chi connectivity index (χ3v) is 3.21. The largest absolute Gasteiger partial charge is 0.396 e. The van der Waals surface area contributed by atoms with Crippen molar-refractivity contribution >= 4 is 11.3 Å². The van der Waals surface area contributed by atoms with E-state index in [9.17, 15) is 0 Å². The fourth-order valence-corrected chi connectivity index (χ4v) is 2.20. The Kier molecular flexibility index (Phi) is 5.15. The van der Waals surface area contributed by atoms with E-state index < -0.39 is 0 Å². The van der Waals surface area contributed by atoms with Crippen molar-refractivity contribution in [1.29, 1.82) is 0 Å². The molecule has 0 fully saturated rings. The number of thiophene rings is 1. The van der Waals surface area contributed by atoms with Crippen molar-refractivity contribution in [2.24, 2.45) is 5.92 Å². The van der Waals surface area contributed by atoms with Crippen molar-refractivity contribution in [2.45, 2.75) is 26.8 Å². The lowest BCUT2D eigenvalue weighted by atomic mass is 10.1. The zero-order valence-electron chi connectivity index (χ0n) is 8.92. The Balaban J connectivity index is 2.15. The van der Waals surface area contributed by atoms with E-state index in [1.165, 1.54) is 9.75 Å². The van der Waals surface area contributed by atoms with Gasteiger partial charge < -0.3 is 10.4 Å². The van der Waals surface area contributed by atoms with Crippen LogP contribution in [0.3, 0.4) is 0 Å². The molecule has 0 bridgehead atoms. The normalized spacial score (nSPS) is 13.1.